The van der Waals surface area contributed by atoms with Gasteiger partial charge in [0.05, 0.1) is 13.2 Å². The zero-order valence-corrected chi connectivity index (χ0v) is 9.27. The maximum Gasteiger partial charge on any atom is 0.333 e. The zero-order valence-electron chi connectivity index (χ0n) is 9.27. The molecule has 2 N–H and O–H groups in total. The van der Waals surface area contributed by atoms with E-state index in [2.05, 4.69) is 4.74 Å². The van der Waals surface area contributed by atoms with Crippen LogP contribution in [0.15, 0.2) is 11.6 Å². The van der Waals surface area contributed by atoms with Crippen LogP contribution in [0.1, 0.15) is 13.3 Å². The summed E-state index contributed by atoms with van der Waals surface area (Å²) in [6.45, 7) is 1.44. The van der Waals surface area contributed by atoms with Crippen LogP contribution >= 0.6 is 0 Å². The minimum atomic E-state index is -0.834. The SMILES string of the molecule is COC(=O)/C(C)=C/[C@H](OC)[C@H](O)CCO. The van der Waals surface area contributed by atoms with Gasteiger partial charge in [0, 0.05) is 19.3 Å². The van der Waals surface area contributed by atoms with Crippen LogP contribution in [0.4, 0.5) is 0 Å². The van der Waals surface area contributed by atoms with E-state index in [0.29, 0.717) is 5.57 Å². The molecule has 0 spiro atoms. The summed E-state index contributed by atoms with van der Waals surface area (Å²) in [6.07, 6.45) is 0.228. The van der Waals surface area contributed by atoms with Gasteiger partial charge in [-0.05, 0) is 19.4 Å². The van der Waals surface area contributed by atoms with Crippen molar-refractivity contribution in [2.45, 2.75) is 25.6 Å². The van der Waals surface area contributed by atoms with Crippen molar-refractivity contribution in [2.75, 3.05) is 20.8 Å². The fourth-order valence-electron chi connectivity index (χ4n) is 1.11. The summed E-state index contributed by atoms with van der Waals surface area (Å²) in [6, 6.07) is 0. The van der Waals surface area contributed by atoms with Crippen molar-refractivity contribution in [2.24, 2.45) is 0 Å². The Hall–Kier alpha value is -0.910. The van der Waals surface area contributed by atoms with Crippen LogP contribution in [0.2, 0.25) is 0 Å². The van der Waals surface area contributed by atoms with Gasteiger partial charge in [0.15, 0.2) is 0 Å². The van der Waals surface area contributed by atoms with E-state index in [4.69, 9.17) is 9.84 Å². The number of aliphatic hydroxyl groups is 2. The van der Waals surface area contributed by atoms with Crippen molar-refractivity contribution in [1.82, 2.24) is 0 Å². The molecule has 0 radical (unpaired) electrons. The molecule has 0 aromatic carbocycles. The van der Waals surface area contributed by atoms with Gasteiger partial charge in [-0.25, -0.2) is 4.79 Å². The average Bonchev–Trinajstić information content (AvgIpc) is 2.24. The van der Waals surface area contributed by atoms with Gasteiger partial charge in [-0.1, -0.05) is 0 Å². The number of ether oxygens (including phenoxy) is 2. The lowest BCUT2D eigenvalue weighted by atomic mass is 10.1. The Bertz CT molecular complexity index is 224. The molecule has 0 aliphatic heterocycles. The van der Waals surface area contributed by atoms with E-state index in [0.717, 1.165) is 0 Å². The molecule has 0 aromatic rings. The summed E-state index contributed by atoms with van der Waals surface area (Å²) in [5.41, 5.74) is 0.362. The molecule has 88 valence electrons. The number of hydrogen-bond donors (Lipinski definition) is 2. The van der Waals surface area contributed by atoms with Crippen molar-refractivity contribution in [3.05, 3.63) is 11.6 Å². The van der Waals surface area contributed by atoms with E-state index in [1.165, 1.54) is 20.3 Å². The molecule has 0 bridgehead atoms. The molecular weight excluding hydrogens is 200 g/mol. The van der Waals surface area contributed by atoms with E-state index < -0.39 is 18.2 Å². The number of carbonyl (C=O) groups is 1. The molecular formula is C10H18O5. The van der Waals surface area contributed by atoms with Crippen LogP contribution < -0.4 is 0 Å². The van der Waals surface area contributed by atoms with Crippen LogP contribution in [-0.4, -0.2) is 49.2 Å². The van der Waals surface area contributed by atoms with Crippen LogP contribution in [-0.2, 0) is 14.3 Å². The van der Waals surface area contributed by atoms with Crippen LogP contribution in [0.5, 0.6) is 0 Å². The highest BCUT2D eigenvalue weighted by molar-refractivity contribution is 5.87. The Morgan fingerprint density at radius 3 is 2.47 bits per heavy atom. The monoisotopic (exact) mass is 218 g/mol. The molecule has 5 nitrogen and oxygen atoms in total. The fourth-order valence-corrected chi connectivity index (χ4v) is 1.11. The van der Waals surface area contributed by atoms with Crippen molar-refractivity contribution < 1.29 is 24.5 Å². The van der Waals surface area contributed by atoms with Gasteiger partial charge in [-0.3, -0.25) is 0 Å². The Morgan fingerprint density at radius 1 is 1.47 bits per heavy atom. The third-order valence-corrected chi connectivity index (χ3v) is 2.00. The number of carbonyl (C=O) groups excluding carboxylic acids is 1. The van der Waals surface area contributed by atoms with Crippen molar-refractivity contribution in [1.29, 1.82) is 0 Å². The highest BCUT2D eigenvalue weighted by Crippen LogP contribution is 2.08. The molecule has 0 fully saturated rings. The fraction of sp³-hybridized carbons (Fsp3) is 0.700. The maximum absolute atomic E-state index is 11.1. The number of esters is 1. The van der Waals surface area contributed by atoms with Gasteiger partial charge in [-0.2, -0.15) is 0 Å². The zero-order chi connectivity index (χ0) is 11.8. The first kappa shape index (κ1) is 14.1. The molecule has 0 saturated carbocycles. The van der Waals surface area contributed by atoms with E-state index in [1.54, 1.807) is 6.92 Å². The van der Waals surface area contributed by atoms with Gasteiger partial charge < -0.3 is 19.7 Å². The molecule has 0 aliphatic rings. The van der Waals surface area contributed by atoms with E-state index in [-0.39, 0.29) is 13.0 Å². The first-order valence-corrected chi connectivity index (χ1v) is 4.65. The number of methoxy groups -OCH3 is 2. The first-order valence-electron chi connectivity index (χ1n) is 4.65. The van der Waals surface area contributed by atoms with E-state index in [9.17, 15) is 9.90 Å². The Kier molecular flexibility index (Phi) is 6.94. The van der Waals surface area contributed by atoms with Gasteiger partial charge in [-0.15, -0.1) is 0 Å². The van der Waals surface area contributed by atoms with Crippen molar-refractivity contribution >= 4 is 5.97 Å². The van der Waals surface area contributed by atoms with E-state index >= 15 is 0 Å². The number of rotatable bonds is 6. The second kappa shape index (κ2) is 7.39. The largest absolute Gasteiger partial charge is 0.466 e. The minimum absolute atomic E-state index is 0.133. The van der Waals surface area contributed by atoms with Crippen molar-refractivity contribution in [3.63, 3.8) is 0 Å². The average molecular weight is 218 g/mol. The summed E-state index contributed by atoms with van der Waals surface area (Å²) in [5, 5.41) is 18.2. The summed E-state index contributed by atoms with van der Waals surface area (Å²) in [5.74, 6) is -0.465. The Morgan fingerprint density at radius 2 is 2.07 bits per heavy atom. The second-order valence-corrected chi connectivity index (χ2v) is 3.12. The predicted molar refractivity (Wildman–Crippen MR) is 54.3 cm³/mol. The minimum Gasteiger partial charge on any atom is -0.466 e. The van der Waals surface area contributed by atoms with Crippen LogP contribution in [0.25, 0.3) is 0 Å². The van der Waals surface area contributed by atoms with Gasteiger partial charge in [0.25, 0.3) is 0 Å². The van der Waals surface area contributed by atoms with Gasteiger partial charge in [0.2, 0.25) is 0 Å². The van der Waals surface area contributed by atoms with Gasteiger partial charge >= 0.3 is 5.97 Å². The quantitative estimate of drug-likeness (QED) is 0.479. The molecule has 0 aliphatic carbocycles. The second-order valence-electron chi connectivity index (χ2n) is 3.12. The van der Waals surface area contributed by atoms with E-state index in [1.807, 2.05) is 0 Å². The van der Waals surface area contributed by atoms with Crippen LogP contribution in [0, 0.1) is 0 Å². The molecule has 0 heterocycles. The molecule has 0 aromatic heterocycles. The molecule has 2 atom stereocenters. The molecule has 0 amide bonds. The highest BCUT2D eigenvalue weighted by atomic mass is 16.5. The summed E-state index contributed by atoms with van der Waals surface area (Å²) in [4.78, 5) is 11.1. The number of hydrogen-bond acceptors (Lipinski definition) is 5. The summed E-state index contributed by atoms with van der Waals surface area (Å²) >= 11 is 0. The lowest BCUT2D eigenvalue weighted by Crippen LogP contribution is -2.28. The van der Waals surface area contributed by atoms with Crippen molar-refractivity contribution in [3.8, 4) is 0 Å². The maximum atomic E-state index is 11.1. The van der Waals surface area contributed by atoms with Gasteiger partial charge in [0.1, 0.15) is 6.10 Å². The summed E-state index contributed by atoms with van der Waals surface area (Å²) in [7, 11) is 2.71. The third kappa shape index (κ3) is 4.92. The highest BCUT2D eigenvalue weighted by Gasteiger charge is 2.17. The molecule has 0 saturated heterocycles. The smallest absolute Gasteiger partial charge is 0.333 e. The normalized spacial score (nSPS) is 15.9. The predicted octanol–water partition coefficient (Wildman–Crippen LogP) is -0.136. The van der Waals surface area contributed by atoms with Crippen LogP contribution in [0.3, 0.4) is 0 Å². The Balaban J connectivity index is 4.48. The topological polar surface area (TPSA) is 76.0 Å². The molecule has 15 heavy (non-hydrogen) atoms. The first-order chi connectivity index (χ1) is 7.06. The Labute approximate surface area is 89.3 Å². The molecule has 0 rings (SSSR count). The molecule has 5 heteroatoms. The third-order valence-electron chi connectivity index (χ3n) is 2.00. The number of aliphatic hydroxyl groups excluding tert-OH is 2. The molecule has 0 unspecified atom stereocenters. The lowest BCUT2D eigenvalue weighted by Gasteiger charge is -2.18. The summed E-state index contributed by atoms with van der Waals surface area (Å²) < 4.78 is 9.49. The standard InChI is InChI=1S/C10H18O5/c1-7(10(13)15-3)6-9(14-2)8(12)4-5-11/h6,8-9,11-12H,4-5H2,1-3H3/b7-6+/t8-,9+/m1/s1. The lowest BCUT2D eigenvalue weighted by molar-refractivity contribution is -0.136.